The molecule has 0 radical (unpaired) electrons. The third kappa shape index (κ3) is 3.69. The van der Waals surface area contributed by atoms with Crippen molar-refractivity contribution in [1.82, 2.24) is 10.2 Å². The summed E-state index contributed by atoms with van der Waals surface area (Å²) in [6.45, 7) is 6.62. The van der Waals surface area contributed by atoms with Gasteiger partial charge in [-0.15, -0.1) is 0 Å². The summed E-state index contributed by atoms with van der Waals surface area (Å²) in [6.07, 6.45) is 6.95. The standard InChI is InChI=1S/C16H24N2/c1-2-11-17-14-16(15-9-5-3-6-10-15)18-12-7-4-8-13-18/h3-7,9-10,16-17H,2,8,11-14H2,1H3. The summed E-state index contributed by atoms with van der Waals surface area (Å²) >= 11 is 0. The Hall–Kier alpha value is -1.12. The molecule has 0 aromatic heterocycles. The zero-order valence-electron chi connectivity index (χ0n) is 11.3. The van der Waals surface area contributed by atoms with Gasteiger partial charge in [0.1, 0.15) is 0 Å². The Kier molecular flexibility index (Phi) is 5.43. The van der Waals surface area contributed by atoms with Gasteiger partial charge < -0.3 is 5.32 Å². The third-order valence-corrected chi connectivity index (χ3v) is 3.48. The van der Waals surface area contributed by atoms with E-state index in [1.807, 2.05) is 0 Å². The molecule has 0 fully saturated rings. The molecule has 18 heavy (non-hydrogen) atoms. The van der Waals surface area contributed by atoms with Crippen LogP contribution in [0, 0.1) is 0 Å². The van der Waals surface area contributed by atoms with Gasteiger partial charge in [0.05, 0.1) is 0 Å². The lowest BCUT2D eigenvalue weighted by atomic mass is 10.0. The SMILES string of the molecule is CCCNCC(c1ccccc1)N1CC=CCC1. The zero-order valence-corrected chi connectivity index (χ0v) is 11.3. The molecule has 1 aromatic rings. The predicted molar refractivity (Wildman–Crippen MR) is 77.7 cm³/mol. The molecule has 0 amide bonds. The first-order valence-corrected chi connectivity index (χ1v) is 7.06. The number of rotatable bonds is 6. The van der Waals surface area contributed by atoms with Crippen LogP contribution in [0.4, 0.5) is 0 Å². The van der Waals surface area contributed by atoms with E-state index in [2.05, 4.69) is 59.6 Å². The van der Waals surface area contributed by atoms with Gasteiger partial charge in [-0.25, -0.2) is 0 Å². The highest BCUT2D eigenvalue weighted by Crippen LogP contribution is 2.21. The molecule has 2 heteroatoms. The molecule has 1 aromatic carbocycles. The second kappa shape index (κ2) is 7.34. The Morgan fingerprint density at radius 2 is 2.06 bits per heavy atom. The molecule has 0 aliphatic carbocycles. The molecule has 98 valence electrons. The van der Waals surface area contributed by atoms with Gasteiger partial charge in [-0.2, -0.15) is 0 Å². The minimum absolute atomic E-state index is 0.502. The number of hydrogen-bond acceptors (Lipinski definition) is 2. The number of benzene rings is 1. The molecule has 1 aliphatic heterocycles. The fourth-order valence-corrected chi connectivity index (χ4v) is 2.49. The first-order chi connectivity index (χ1) is 8.92. The summed E-state index contributed by atoms with van der Waals surface area (Å²) in [6, 6.07) is 11.4. The van der Waals surface area contributed by atoms with E-state index in [0.29, 0.717) is 6.04 Å². The first kappa shape index (κ1) is 13.3. The molecule has 0 spiro atoms. The lowest BCUT2D eigenvalue weighted by Gasteiger charge is -2.33. The van der Waals surface area contributed by atoms with Crippen molar-refractivity contribution in [2.24, 2.45) is 0 Å². The second-order valence-electron chi connectivity index (χ2n) is 4.89. The summed E-state index contributed by atoms with van der Waals surface area (Å²) < 4.78 is 0. The Labute approximate surface area is 111 Å². The molecule has 1 aliphatic rings. The molecule has 1 N–H and O–H groups in total. The zero-order chi connectivity index (χ0) is 12.6. The van der Waals surface area contributed by atoms with Crippen molar-refractivity contribution in [2.45, 2.75) is 25.8 Å². The highest BCUT2D eigenvalue weighted by Gasteiger charge is 2.19. The van der Waals surface area contributed by atoms with Crippen LogP contribution in [0.15, 0.2) is 42.5 Å². The molecular weight excluding hydrogens is 220 g/mol. The third-order valence-electron chi connectivity index (χ3n) is 3.48. The van der Waals surface area contributed by atoms with Crippen LogP contribution in [0.3, 0.4) is 0 Å². The molecule has 0 saturated carbocycles. The highest BCUT2D eigenvalue weighted by molar-refractivity contribution is 5.20. The van der Waals surface area contributed by atoms with Crippen LogP contribution in [0.2, 0.25) is 0 Å². The van der Waals surface area contributed by atoms with E-state index in [1.165, 1.54) is 24.9 Å². The van der Waals surface area contributed by atoms with Crippen LogP contribution in [0.25, 0.3) is 0 Å². The smallest absolute Gasteiger partial charge is 0.0476 e. The van der Waals surface area contributed by atoms with Crippen molar-refractivity contribution in [3.05, 3.63) is 48.0 Å². The van der Waals surface area contributed by atoms with Gasteiger partial charge in [0, 0.05) is 25.7 Å². The largest absolute Gasteiger partial charge is 0.315 e. The molecule has 2 nitrogen and oxygen atoms in total. The van der Waals surface area contributed by atoms with Crippen molar-refractivity contribution in [1.29, 1.82) is 0 Å². The van der Waals surface area contributed by atoms with E-state index in [0.717, 1.165) is 19.6 Å². The molecule has 1 unspecified atom stereocenters. The van der Waals surface area contributed by atoms with Gasteiger partial charge in [-0.3, -0.25) is 4.90 Å². The molecule has 0 saturated heterocycles. The van der Waals surface area contributed by atoms with Crippen molar-refractivity contribution in [3.63, 3.8) is 0 Å². The molecular formula is C16H24N2. The van der Waals surface area contributed by atoms with Gasteiger partial charge in [-0.05, 0) is 24.9 Å². The minimum atomic E-state index is 0.502. The highest BCUT2D eigenvalue weighted by atomic mass is 15.2. The van der Waals surface area contributed by atoms with E-state index >= 15 is 0 Å². The van der Waals surface area contributed by atoms with Crippen molar-refractivity contribution >= 4 is 0 Å². The maximum absolute atomic E-state index is 3.57. The van der Waals surface area contributed by atoms with Crippen LogP contribution in [0.5, 0.6) is 0 Å². The summed E-state index contributed by atoms with van der Waals surface area (Å²) in [5.74, 6) is 0. The van der Waals surface area contributed by atoms with Gasteiger partial charge in [0.15, 0.2) is 0 Å². The lowest BCUT2D eigenvalue weighted by molar-refractivity contribution is 0.210. The van der Waals surface area contributed by atoms with Gasteiger partial charge in [0.2, 0.25) is 0 Å². The number of hydrogen-bond donors (Lipinski definition) is 1. The monoisotopic (exact) mass is 244 g/mol. The summed E-state index contributed by atoms with van der Waals surface area (Å²) in [4.78, 5) is 2.57. The number of nitrogens with zero attached hydrogens (tertiary/aromatic N) is 1. The van der Waals surface area contributed by atoms with Gasteiger partial charge in [0.25, 0.3) is 0 Å². The molecule has 0 bridgehead atoms. The van der Waals surface area contributed by atoms with Crippen LogP contribution in [-0.4, -0.2) is 31.1 Å². The van der Waals surface area contributed by atoms with E-state index in [4.69, 9.17) is 0 Å². The van der Waals surface area contributed by atoms with Crippen LogP contribution in [-0.2, 0) is 0 Å². The summed E-state index contributed by atoms with van der Waals surface area (Å²) in [7, 11) is 0. The Bertz CT molecular complexity index is 359. The predicted octanol–water partition coefficient (Wildman–Crippen LogP) is 2.99. The normalized spacial score (nSPS) is 17.8. The first-order valence-electron chi connectivity index (χ1n) is 7.06. The fourth-order valence-electron chi connectivity index (χ4n) is 2.49. The van der Waals surface area contributed by atoms with E-state index in [-0.39, 0.29) is 0 Å². The second-order valence-corrected chi connectivity index (χ2v) is 4.89. The molecule has 1 heterocycles. The topological polar surface area (TPSA) is 15.3 Å². The molecule has 1 atom stereocenters. The average Bonchev–Trinajstić information content (AvgIpc) is 2.46. The van der Waals surface area contributed by atoms with E-state index in [1.54, 1.807) is 0 Å². The Morgan fingerprint density at radius 1 is 1.22 bits per heavy atom. The quantitative estimate of drug-likeness (QED) is 0.611. The minimum Gasteiger partial charge on any atom is -0.315 e. The van der Waals surface area contributed by atoms with Gasteiger partial charge >= 0.3 is 0 Å². The van der Waals surface area contributed by atoms with Crippen molar-refractivity contribution in [2.75, 3.05) is 26.2 Å². The Morgan fingerprint density at radius 3 is 2.72 bits per heavy atom. The van der Waals surface area contributed by atoms with Crippen molar-refractivity contribution < 1.29 is 0 Å². The maximum atomic E-state index is 3.57. The lowest BCUT2D eigenvalue weighted by Crippen LogP contribution is -2.38. The number of nitrogens with one attached hydrogen (secondary N) is 1. The van der Waals surface area contributed by atoms with Gasteiger partial charge in [-0.1, -0.05) is 49.4 Å². The van der Waals surface area contributed by atoms with Crippen LogP contribution < -0.4 is 5.32 Å². The van der Waals surface area contributed by atoms with E-state index in [9.17, 15) is 0 Å². The molecule has 2 rings (SSSR count). The summed E-state index contributed by atoms with van der Waals surface area (Å²) in [5, 5.41) is 3.57. The van der Waals surface area contributed by atoms with E-state index < -0.39 is 0 Å². The van der Waals surface area contributed by atoms with Crippen molar-refractivity contribution in [3.8, 4) is 0 Å². The Balaban J connectivity index is 2.04. The average molecular weight is 244 g/mol. The fraction of sp³-hybridized carbons (Fsp3) is 0.500. The maximum Gasteiger partial charge on any atom is 0.0476 e. The van der Waals surface area contributed by atoms with Crippen LogP contribution in [0.1, 0.15) is 31.4 Å². The van der Waals surface area contributed by atoms with Crippen LogP contribution >= 0.6 is 0 Å². The summed E-state index contributed by atoms with van der Waals surface area (Å²) in [5.41, 5.74) is 1.43.